The average molecular weight is 322 g/mol. The molecule has 0 unspecified atom stereocenters. The topological polar surface area (TPSA) is 57.1 Å². The largest absolute Gasteiger partial charge is 0.463 e. The fourth-order valence-electron chi connectivity index (χ4n) is 2.15. The third-order valence-corrected chi connectivity index (χ3v) is 3.26. The number of hydrogen-bond donors (Lipinski definition) is 0. The molecule has 0 aliphatic rings. The first-order valence-electron chi connectivity index (χ1n) is 7.29. The van der Waals surface area contributed by atoms with Crippen molar-refractivity contribution in [3.05, 3.63) is 34.1 Å². The number of aryl methyl sites for hydroxylation is 3. The van der Waals surface area contributed by atoms with E-state index in [1.54, 1.807) is 0 Å². The van der Waals surface area contributed by atoms with Crippen LogP contribution in [0.4, 0.5) is 0 Å². The highest BCUT2D eigenvalue weighted by molar-refractivity contribution is 6.28. The highest BCUT2D eigenvalue weighted by Gasteiger charge is 2.12. The average Bonchev–Trinajstić information content (AvgIpc) is 2.42. The number of benzene rings is 1. The maximum absolute atomic E-state index is 5.91. The second-order valence-electron chi connectivity index (χ2n) is 5.20. The predicted molar refractivity (Wildman–Crippen MR) is 86.0 cm³/mol. The molecular weight excluding hydrogens is 302 g/mol. The lowest BCUT2D eigenvalue weighted by Crippen LogP contribution is -2.04. The number of unbranched alkanes of at least 4 members (excludes halogenated alkanes) is 1. The molecule has 0 atom stereocenters. The van der Waals surface area contributed by atoms with Crippen LogP contribution < -0.4 is 9.47 Å². The third-order valence-electron chi connectivity index (χ3n) is 3.09. The van der Waals surface area contributed by atoms with Crippen LogP contribution in [0.2, 0.25) is 5.28 Å². The molecular formula is C16H20ClN3O2. The Kier molecular flexibility index (Phi) is 5.55. The highest BCUT2D eigenvalue weighted by Crippen LogP contribution is 2.29. The van der Waals surface area contributed by atoms with Gasteiger partial charge >= 0.3 is 12.0 Å². The molecule has 5 nitrogen and oxygen atoms in total. The molecule has 0 fully saturated rings. The Morgan fingerprint density at radius 3 is 2.27 bits per heavy atom. The molecule has 1 aromatic heterocycles. The first-order valence-corrected chi connectivity index (χ1v) is 7.67. The molecule has 0 bridgehead atoms. The molecule has 0 N–H and O–H groups in total. The van der Waals surface area contributed by atoms with Gasteiger partial charge in [0.15, 0.2) is 0 Å². The molecule has 0 aliphatic carbocycles. The van der Waals surface area contributed by atoms with Gasteiger partial charge < -0.3 is 9.47 Å². The van der Waals surface area contributed by atoms with E-state index < -0.39 is 0 Å². The number of halogens is 1. The predicted octanol–water partition coefficient (Wildman–Crippen LogP) is 4.42. The smallest absolute Gasteiger partial charge is 0.329 e. The van der Waals surface area contributed by atoms with Gasteiger partial charge in [-0.3, -0.25) is 0 Å². The minimum absolute atomic E-state index is 0.0546. The molecule has 22 heavy (non-hydrogen) atoms. The number of rotatable bonds is 6. The minimum Gasteiger partial charge on any atom is -0.463 e. The van der Waals surface area contributed by atoms with Crippen LogP contribution in [0.3, 0.4) is 0 Å². The number of hydrogen-bond acceptors (Lipinski definition) is 5. The zero-order chi connectivity index (χ0) is 16.1. The first kappa shape index (κ1) is 16.5. The number of aromatic nitrogens is 3. The summed E-state index contributed by atoms with van der Waals surface area (Å²) in [6.07, 6.45) is 1.96. The van der Waals surface area contributed by atoms with E-state index in [1.165, 1.54) is 5.56 Å². The summed E-state index contributed by atoms with van der Waals surface area (Å²) in [4.78, 5) is 12.1. The van der Waals surface area contributed by atoms with Crippen molar-refractivity contribution in [2.75, 3.05) is 6.61 Å². The first-order chi connectivity index (χ1) is 10.5. The summed E-state index contributed by atoms with van der Waals surface area (Å²) in [5, 5.41) is 0.0546. The zero-order valence-electron chi connectivity index (χ0n) is 13.3. The van der Waals surface area contributed by atoms with Gasteiger partial charge in [0, 0.05) is 0 Å². The van der Waals surface area contributed by atoms with Crippen LogP contribution in [-0.4, -0.2) is 21.6 Å². The molecule has 0 radical (unpaired) electrons. The van der Waals surface area contributed by atoms with Gasteiger partial charge in [-0.15, -0.1) is 4.98 Å². The van der Waals surface area contributed by atoms with Crippen LogP contribution in [0.25, 0.3) is 0 Å². The van der Waals surface area contributed by atoms with Gasteiger partial charge in [-0.1, -0.05) is 31.0 Å². The maximum Gasteiger partial charge on any atom is 0.329 e. The van der Waals surface area contributed by atoms with Crippen molar-refractivity contribution in [2.24, 2.45) is 0 Å². The zero-order valence-corrected chi connectivity index (χ0v) is 14.1. The van der Waals surface area contributed by atoms with E-state index in [2.05, 4.69) is 21.9 Å². The van der Waals surface area contributed by atoms with Crippen molar-refractivity contribution >= 4 is 11.6 Å². The molecule has 0 aliphatic heterocycles. The van der Waals surface area contributed by atoms with Gasteiger partial charge in [0.05, 0.1) is 6.61 Å². The summed E-state index contributed by atoms with van der Waals surface area (Å²) in [5.74, 6) is 0.729. The van der Waals surface area contributed by atoms with E-state index in [9.17, 15) is 0 Å². The van der Waals surface area contributed by atoms with E-state index in [0.29, 0.717) is 6.61 Å². The second-order valence-corrected chi connectivity index (χ2v) is 5.54. The van der Waals surface area contributed by atoms with Crippen molar-refractivity contribution < 1.29 is 9.47 Å². The number of ether oxygens (including phenoxy) is 2. The maximum atomic E-state index is 5.91. The van der Waals surface area contributed by atoms with Gasteiger partial charge in [0.1, 0.15) is 5.75 Å². The fourth-order valence-corrected chi connectivity index (χ4v) is 2.30. The lowest BCUT2D eigenvalue weighted by molar-refractivity contribution is 0.278. The van der Waals surface area contributed by atoms with Gasteiger partial charge in [-0.25, -0.2) is 0 Å². The van der Waals surface area contributed by atoms with Crippen LogP contribution in [-0.2, 0) is 0 Å². The molecule has 1 heterocycles. The van der Waals surface area contributed by atoms with Crippen LogP contribution in [0.15, 0.2) is 12.1 Å². The van der Waals surface area contributed by atoms with Crippen LogP contribution in [0, 0.1) is 20.8 Å². The van der Waals surface area contributed by atoms with E-state index in [4.69, 9.17) is 21.1 Å². The molecule has 0 amide bonds. The Morgan fingerprint density at radius 2 is 1.64 bits per heavy atom. The van der Waals surface area contributed by atoms with Crippen LogP contribution in [0.5, 0.6) is 17.8 Å². The van der Waals surface area contributed by atoms with Crippen LogP contribution in [0.1, 0.15) is 36.5 Å². The van der Waals surface area contributed by atoms with E-state index in [1.807, 2.05) is 32.9 Å². The van der Waals surface area contributed by atoms with Crippen molar-refractivity contribution in [3.63, 3.8) is 0 Å². The summed E-state index contributed by atoms with van der Waals surface area (Å²) < 4.78 is 11.3. The Balaban J connectivity index is 2.22. The summed E-state index contributed by atoms with van der Waals surface area (Å²) in [6.45, 7) is 8.64. The Bertz CT molecular complexity index is 639. The fraction of sp³-hybridized carbons (Fsp3) is 0.438. The lowest BCUT2D eigenvalue weighted by atomic mass is 10.1. The highest BCUT2D eigenvalue weighted by atomic mass is 35.5. The molecule has 118 valence electrons. The van der Waals surface area contributed by atoms with Gasteiger partial charge in [0.2, 0.25) is 5.28 Å². The van der Waals surface area contributed by atoms with Gasteiger partial charge in [-0.2, -0.15) is 9.97 Å². The van der Waals surface area contributed by atoms with Gasteiger partial charge in [-0.05, 0) is 49.9 Å². The van der Waals surface area contributed by atoms with Crippen molar-refractivity contribution in [2.45, 2.75) is 40.5 Å². The van der Waals surface area contributed by atoms with Crippen molar-refractivity contribution in [1.82, 2.24) is 15.0 Å². The lowest BCUT2D eigenvalue weighted by Gasteiger charge is -2.12. The molecule has 0 spiro atoms. The molecule has 2 aromatic rings. The molecule has 6 heteroatoms. The minimum atomic E-state index is 0.0546. The summed E-state index contributed by atoms with van der Waals surface area (Å²) in [7, 11) is 0. The molecule has 1 aromatic carbocycles. The molecule has 0 saturated heterocycles. The molecule has 0 saturated carbocycles. The van der Waals surface area contributed by atoms with Crippen molar-refractivity contribution in [1.29, 1.82) is 0 Å². The SMILES string of the molecule is CCCCOc1nc(Cl)nc(Oc2c(C)cc(C)cc2C)n1. The Labute approximate surface area is 135 Å². The second kappa shape index (κ2) is 7.40. The Morgan fingerprint density at radius 1 is 1.00 bits per heavy atom. The summed E-state index contributed by atoms with van der Waals surface area (Å²) in [6, 6.07) is 4.42. The summed E-state index contributed by atoms with van der Waals surface area (Å²) >= 11 is 5.91. The van der Waals surface area contributed by atoms with Crippen LogP contribution >= 0.6 is 11.6 Å². The Hall–Kier alpha value is -1.88. The quantitative estimate of drug-likeness (QED) is 0.737. The van der Waals surface area contributed by atoms with E-state index in [0.717, 1.165) is 29.7 Å². The molecule has 2 rings (SSSR count). The van der Waals surface area contributed by atoms with Crippen molar-refractivity contribution in [3.8, 4) is 17.8 Å². The standard InChI is InChI=1S/C16H20ClN3O2/c1-5-6-7-21-15-18-14(17)19-16(20-15)22-13-11(3)8-10(2)9-12(13)4/h8-9H,5-7H2,1-4H3. The third kappa shape index (κ3) is 4.31. The summed E-state index contributed by atoms with van der Waals surface area (Å²) in [5.41, 5.74) is 3.21. The monoisotopic (exact) mass is 321 g/mol. The van der Waals surface area contributed by atoms with E-state index in [-0.39, 0.29) is 17.3 Å². The normalized spacial score (nSPS) is 10.6. The number of nitrogens with zero attached hydrogens (tertiary/aromatic N) is 3. The van der Waals surface area contributed by atoms with E-state index >= 15 is 0 Å². The van der Waals surface area contributed by atoms with Gasteiger partial charge in [0.25, 0.3) is 0 Å².